The first-order chi connectivity index (χ1) is 12.5. The lowest BCUT2D eigenvalue weighted by atomic mass is 10.2. The largest absolute Gasteiger partial charge is 0.495 e. The number of methoxy groups -OCH3 is 2. The Labute approximate surface area is 155 Å². The van der Waals surface area contributed by atoms with Crippen molar-refractivity contribution in [3.63, 3.8) is 0 Å². The van der Waals surface area contributed by atoms with Crippen molar-refractivity contribution in [1.82, 2.24) is 15.0 Å². The molecule has 0 spiro atoms. The van der Waals surface area contributed by atoms with E-state index in [2.05, 4.69) is 15.5 Å². The summed E-state index contributed by atoms with van der Waals surface area (Å²) in [6.07, 6.45) is 0. The fourth-order valence-electron chi connectivity index (χ4n) is 2.40. The van der Waals surface area contributed by atoms with E-state index in [-0.39, 0.29) is 5.69 Å². The molecule has 0 saturated heterocycles. The molecule has 3 aromatic rings. The van der Waals surface area contributed by atoms with Crippen molar-refractivity contribution in [2.24, 2.45) is 0 Å². The number of amides is 1. The van der Waals surface area contributed by atoms with Crippen molar-refractivity contribution in [2.45, 2.75) is 6.92 Å². The summed E-state index contributed by atoms with van der Waals surface area (Å²) in [5, 5.41) is 11.7. The van der Waals surface area contributed by atoms with Gasteiger partial charge in [0.05, 0.1) is 36.3 Å². The highest BCUT2D eigenvalue weighted by atomic mass is 35.5. The molecule has 1 heterocycles. The zero-order chi connectivity index (χ0) is 18.7. The van der Waals surface area contributed by atoms with E-state index >= 15 is 0 Å². The zero-order valence-corrected chi connectivity index (χ0v) is 15.2. The summed E-state index contributed by atoms with van der Waals surface area (Å²) in [4.78, 5) is 14.1. The van der Waals surface area contributed by atoms with Crippen LogP contribution in [0.3, 0.4) is 0 Å². The molecule has 0 bridgehead atoms. The number of benzene rings is 2. The zero-order valence-electron chi connectivity index (χ0n) is 14.5. The van der Waals surface area contributed by atoms with Gasteiger partial charge in [0.1, 0.15) is 11.5 Å². The number of nitrogens with zero attached hydrogens (tertiary/aromatic N) is 3. The highest BCUT2D eigenvalue weighted by Gasteiger charge is 2.19. The summed E-state index contributed by atoms with van der Waals surface area (Å²) in [6.45, 7) is 1.72. The van der Waals surface area contributed by atoms with Crippen LogP contribution in [-0.2, 0) is 0 Å². The van der Waals surface area contributed by atoms with E-state index in [1.54, 1.807) is 19.1 Å². The van der Waals surface area contributed by atoms with Crippen LogP contribution in [0.25, 0.3) is 5.69 Å². The maximum atomic E-state index is 12.7. The minimum Gasteiger partial charge on any atom is -0.495 e. The fourth-order valence-corrected chi connectivity index (χ4v) is 2.65. The lowest BCUT2D eigenvalue weighted by Crippen LogP contribution is -2.15. The molecule has 0 aliphatic heterocycles. The molecule has 0 aliphatic carbocycles. The van der Waals surface area contributed by atoms with Gasteiger partial charge in [0, 0.05) is 6.07 Å². The molecule has 0 fully saturated rings. The van der Waals surface area contributed by atoms with Crippen LogP contribution < -0.4 is 14.8 Å². The number of anilines is 1. The average molecular weight is 373 g/mol. The first kappa shape index (κ1) is 17.8. The van der Waals surface area contributed by atoms with E-state index in [0.717, 1.165) is 5.69 Å². The third kappa shape index (κ3) is 3.48. The maximum Gasteiger partial charge on any atom is 0.278 e. The Morgan fingerprint density at radius 2 is 1.77 bits per heavy atom. The van der Waals surface area contributed by atoms with Gasteiger partial charge in [-0.1, -0.05) is 29.8 Å². The Balaban J connectivity index is 1.90. The molecule has 0 aliphatic rings. The van der Waals surface area contributed by atoms with Gasteiger partial charge in [-0.2, -0.15) is 9.90 Å². The van der Waals surface area contributed by atoms with Gasteiger partial charge in [0.15, 0.2) is 5.69 Å². The molecule has 1 amide bonds. The number of halogens is 1. The van der Waals surface area contributed by atoms with Crippen molar-refractivity contribution < 1.29 is 14.3 Å². The number of rotatable bonds is 5. The second-order valence-corrected chi connectivity index (χ2v) is 5.81. The van der Waals surface area contributed by atoms with E-state index in [1.807, 2.05) is 30.3 Å². The number of carbonyl (C=O) groups excluding carboxylic acids is 1. The standard InChI is InChI=1S/C18H17ClN4O3/c1-11-17(22-23(21-11)12-7-5-4-6-8-12)18(24)20-14-9-13(19)15(25-2)10-16(14)26-3/h4-10H,1-3H3,(H,20,24). The number of hydrogen-bond acceptors (Lipinski definition) is 5. The average Bonchev–Trinajstić information content (AvgIpc) is 3.04. The van der Waals surface area contributed by atoms with Crippen molar-refractivity contribution in [2.75, 3.05) is 19.5 Å². The molecule has 8 heteroatoms. The van der Waals surface area contributed by atoms with E-state index in [4.69, 9.17) is 21.1 Å². The molecule has 1 aromatic heterocycles. The number of hydrogen-bond donors (Lipinski definition) is 1. The van der Waals surface area contributed by atoms with Gasteiger partial charge in [0.2, 0.25) is 0 Å². The molecule has 7 nitrogen and oxygen atoms in total. The summed E-state index contributed by atoms with van der Waals surface area (Å²) >= 11 is 6.14. The number of aromatic nitrogens is 3. The summed E-state index contributed by atoms with van der Waals surface area (Å²) in [6, 6.07) is 12.5. The van der Waals surface area contributed by atoms with Crippen LogP contribution in [0, 0.1) is 6.92 Å². The smallest absolute Gasteiger partial charge is 0.278 e. The Kier molecular flexibility index (Phi) is 5.09. The van der Waals surface area contributed by atoms with Gasteiger partial charge in [-0.05, 0) is 25.1 Å². The summed E-state index contributed by atoms with van der Waals surface area (Å²) in [5.41, 5.74) is 1.89. The van der Waals surface area contributed by atoms with E-state index < -0.39 is 5.91 Å². The SMILES string of the molecule is COc1cc(OC)c(NC(=O)c2nn(-c3ccccc3)nc2C)cc1Cl. The highest BCUT2D eigenvalue weighted by Crippen LogP contribution is 2.36. The quantitative estimate of drug-likeness (QED) is 0.741. The van der Waals surface area contributed by atoms with E-state index in [0.29, 0.717) is 27.9 Å². The fraction of sp³-hybridized carbons (Fsp3) is 0.167. The topological polar surface area (TPSA) is 78.3 Å². The molecule has 3 rings (SSSR count). The van der Waals surface area contributed by atoms with Crippen LogP contribution in [0.15, 0.2) is 42.5 Å². The summed E-state index contributed by atoms with van der Waals surface area (Å²) in [7, 11) is 3.00. The van der Waals surface area contributed by atoms with Crippen LogP contribution in [0.2, 0.25) is 5.02 Å². The Morgan fingerprint density at radius 1 is 1.08 bits per heavy atom. The normalized spacial score (nSPS) is 10.5. The number of ether oxygens (including phenoxy) is 2. The van der Waals surface area contributed by atoms with Gasteiger partial charge in [-0.15, -0.1) is 5.10 Å². The van der Waals surface area contributed by atoms with Crippen LogP contribution in [0.5, 0.6) is 11.5 Å². The van der Waals surface area contributed by atoms with E-state index in [9.17, 15) is 4.79 Å². The number of para-hydroxylation sites is 1. The van der Waals surface area contributed by atoms with Gasteiger partial charge in [-0.25, -0.2) is 0 Å². The Morgan fingerprint density at radius 3 is 2.42 bits per heavy atom. The van der Waals surface area contributed by atoms with Gasteiger partial charge < -0.3 is 14.8 Å². The van der Waals surface area contributed by atoms with Crippen LogP contribution in [0.4, 0.5) is 5.69 Å². The molecule has 26 heavy (non-hydrogen) atoms. The molecule has 0 radical (unpaired) electrons. The predicted octanol–water partition coefficient (Wildman–Crippen LogP) is 3.50. The van der Waals surface area contributed by atoms with Crippen molar-refractivity contribution in [3.05, 3.63) is 58.9 Å². The summed E-state index contributed by atoms with van der Waals surface area (Å²) in [5.74, 6) is 0.463. The van der Waals surface area contributed by atoms with Crippen molar-refractivity contribution >= 4 is 23.2 Å². The van der Waals surface area contributed by atoms with Gasteiger partial charge >= 0.3 is 0 Å². The molecule has 0 unspecified atom stereocenters. The number of aryl methyl sites for hydroxylation is 1. The minimum absolute atomic E-state index is 0.211. The third-order valence-corrected chi connectivity index (χ3v) is 4.00. The molecular formula is C18H17ClN4O3. The van der Waals surface area contributed by atoms with Crippen LogP contribution in [0.1, 0.15) is 16.2 Å². The predicted molar refractivity (Wildman–Crippen MR) is 98.6 cm³/mol. The van der Waals surface area contributed by atoms with Gasteiger partial charge in [0.25, 0.3) is 5.91 Å². The van der Waals surface area contributed by atoms with Crippen molar-refractivity contribution in [3.8, 4) is 17.2 Å². The third-order valence-electron chi connectivity index (χ3n) is 3.71. The number of carbonyl (C=O) groups is 1. The molecule has 1 N–H and O–H groups in total. The van der Waals surface area contributed by atoms with E-state index in [1.165, 1.54) is 19.0 Å². The second kappa shape index (κ2) is 7.45. The number of nitrogens with one attached hydrogen (secondary N) is 1. The second-order valence-electron chi connectivity index (χ2n) is 5.40. The van der Waals surface area contributed by atoms with Crippen LogP contribution >= 0.6 is 11.6 Å². The Bertz CT molecular complexity index is 941. The monoisotopic (exact) mass is 372 g/mol. The lowest BCUT2D eigenvalue weighted by molar-refractivity contribution is 0.102. The molecular weight excluding hydrogens is 356 g/mol. The first-order valence-electron chi connectivity index (χ1n) is 7.75. The minimum atomic E-state index is -0.413. The first-order valence-corrected chi connectivity index (χ1v) is 8.13. The molecule has 0 atom stereocenters. The molecule has 2 aromatic carbocycles. The maximum absolute atomic E-state index is 12.7. The Hall–Kier alpha value is -3.06. The van der Waals surface area contributed by atoms with Crippen LogP contribution in [-0.4, -0.2) is 35.1 Å². The molecule has 0 saturated carbocycles. The highest BCUT2D eigenvalue weighted by molar-refractivity contribution is 6.32. The van der Waals surface area contributed by atoms with Gasteiger partial charge in [-0.3, -0.25) is 4.79 Å². The molecule has 134 valence electrons. The summed E-state index contributed by atoms with van der Waals surface area (Å²) < 4.78 is 10.4. The van der Waals surface area contributed by atoms with Crippen molar-refractivity contribution in [1.29, 1.82) is 0 Å². The lowest BCUT2D eigenvalue weighted by Gasteiger charge is -2.12.